The molecule has 0 N–H and O–H groups in total. The summed E-state index contributed by atoms with van der Waals surface area (Å²) in [7, 11) is 3.67. The first-order valence-electron chi connectivity index (χ1n) is 14.6. The maximum atomic E-state index is 14.3. The van der Waals surface area contributed by atoms with E-state index in [4.69, 9.17) is 9.47 Å². The number of aromatic nitrogens is 4. The molecule has 13 heteroatoms. The first-order chi connectivity index (χ1) is 20.8. The molecular weight excluding hydrogens is 575 g/mol. The van der Waals surface area contributed by atoms with Gasteiger partial charge in [0.1, 0.15) is 24.0 Å². The molecule has 1 aromatic carbocycles. The Morgan fingerprint density at radius 1 is 1.23 bits per heavy atom. The highest BCUT2D eigenvalue weighted by Crippen LogP contribution is 2.42. The lowest BCUT2D eigenvalue weighted by Crippen LogP contribution is -2.49. The lowest BCUT2D eigenvalue weighted by atomic mass is 9.75. The van der Waals surface area contributed by atoms with Crippen LogP contribution in [0.15, 0.2) is 30.6 Å². The molecule has 10 nitrogen and oxygen atoms in total. The second kappa shape index (κ2) is 12.2. The Kier molecular flexibility index (Phi) is 8.68. The van der Waals surface area contributed by atoms with Crippen molar-refractivity contribution in [3.05, 3.63) is 64.2 Å². The summed E-state index contributed by atoms with van der Waals surface area (Å²) in [4.78, 5) is 21.6. The van der Waals surface area contributed by atoms with E-state index in [-0.39, 0.29) is 41.8 Å². The van der Waals surface area contributed by atoms with E-state index in [0.717, 1.165) is 12.5 Å². The van der Waals surface area contributed by atoms with Crippen molar-refractivity contribution >= 4 is 11.7 Å². The number of rotatable bonds is 11. The van der Waals surface area contributed by atoms with Crippen molar-refractivity contribution in [2.24, 2.45) is 13.0 Å². The smallest absolute Gasteiger partial charge is 0.416 e. The summed E-state index contributed by atoms with van der Waals surface area (Å²) in [6, 6.07) is 8.24. The predicted molar refractivity (Wildman–Crippen MR) is 155 cm³/mol. The number of anilines is 1. The standard InChI is InChI=1S/C31H36F3N7O3/c1-6-7-39(4)14-20-8-22-23(24(9-20)31(32,33)34)15-41(29(22)42)26-10-21(11-28(37-26)44-25(13-35)19(2)3)30(16-43-17-30)12-27-38-36-18-40(27)5/h8-11,18-19,25H,6-7,12,14-17H2,1-5H3. The van der Waals surface area contributed by atoms with Crippen LogP contribution in [0.4, 0.5) is 19.0 Å². The van der Waals surface area contributed by atoms with Crippen LogP contribution in [0.2, 0.25) is 0 Å². The number of ether oxygens (including phenoxy) is 2. The van der Waals surface area contributed by atoms with Crippen LogP contribution in [0, 0.1) is 17.2 Å². The van der Waals surface area contributed by atoms with E-state index < -0.39 is 29.2 Å². The number of hydrogen-bond donors (Lipinski definition) is 0. The lowest BCUT2D eigenvalue weighted by molar-refractivity contribution is -0.138. The molecule has 4 heterocycles. The van der Waals surface area contributed by atoms with E-state index in [2.05, 4.69) is 21.3 Å². The van der Waals surface area contributed by atoms with Crippen LogP contribution in [0.25, 0.3) is 0 Å². The molecular formula is C31H36F3N7O3. The molecule has 234 valence electrons. The molecule has 1 atom stereocenters. The van der Waals surface area contributed by atoms with E-state index in [1.54, 1.807) is 29.1 Å². The number of aryl methyl sites for hydroxylation is 1. The van der Waals surface area contributed by atoms with E-state index >= 15 is 0 Å². The topological polar surface area (TPSA) is 109 Å². The quantitative estimate of drug-likeness (QED) is 0.308. The van der Waals surface area contributed by atoms with E-state index in [1.807, 2.05) is 39.8 Å². The van der Waals surface area contributed by atoms with Gasteiger partial charge >= 0.3 is 6.18 Å². The van der Waals surface area contributed by atoms with Gasteiger partial charge in [-0.25, -0.2) is 0 Å². The Morgan fingerprint density at radius 3 is 2.55 bits per heavy atom. The molecule has 2 aromatic heterocycles. The minimum Gasteiger partial charge on any atom is -0.459 e. The van der Waals surface area contributed by atoms with Gasteiger partial charge in [-0.1, -0.05) is 20.8 Å². The van der Waals surface area contributed by atoms with Crippen LogP contribution in [-0.4, -0.2) is 63.5 Å². The largest absolute Gasteiger partial charge is 0.459 e. The minimum absolute atomic E-state index is 0.00671. The van der Waals surface area contributed by atoms with Gasteiger partial charge in [-0.05, 0) is 54.9 Å². The number of hydrogen-bond acceptors (Lipinski definition) is 8. The zero-order chi connectivity index (χ0) is 31.8. The molecule has 1 amide bonds. The first kappa shape index (κ1) is 31.4. The van der Waals surface area contributed by atoms with Crippen molar-refractivity contribution in [2.75, 3.05) is 31.7 Å². The maximum absolute atomic E-state index is 14.3. The molecule has 0 bridgehead atoms. The summed E-state index contributed by atoms with van der Waals surface area (Å²) in [6.45, 7) is 7.03. The van der Waals surface area contributed by atoms with Gasteiger partial charge in [0.05, 0.1) is 25.3 Å². The summed E-state index contributed by atoms with van der Waals surface area (Å²) in [5.41, 5.74) is -0.344. The fourth-order valence-corrected chi connectivity index (χ4v) is 5.70. The highest BCUT2D eigenvalue weighted by atomic mass is 19.4. The lowest BCUT2D eigenvalue weighted by Gasteiger charge is -2.42. The summed E-state index contributed by atoms with van der Waals surface area (Å²) < 4.78 is 56.4. The van der Waals surface area contributed by atoms with Gasteiger partial charge in [-0.2, -0.15) is 23.4 Å². The monoisotopic (exact) mass is 611 g/mol. The van der Waals surface area contributed by atoms with E-state index in [9.17, 15) is 23.2 Å². The van der Waals surface area contributed by atoms with Crippen molar-refractivity contribution in [1.29, 1.82) is 5.26 Å². The van der Waals surface area contributed by atoms with Gasteiger partial charge in [0.25, 0.3) is 5.91 Å². The van der Waals surface area contributed by atoms with Crippen molar-refractivity contribution in [1.82, 2.24) is 24.6 Å². The van der Waals surface area contributed by atoms with Gasteiger partial charge in [0.2, 0.25) is 5.88 Å². The zero-order valence-electron chi connectivity index (χ0n) is 25.5. The SMILES string of the molecule is CCCN(C)Cc1cc2c(c(C(F)(F)F)c1)CN(c1cc(C3(Cc4nncn4C)COC3)cc(OC(C#N)C(C)C)n1)C2=O. The molecule has 0 radical (unpaired) electrons. The number of carbonyl (C=O) groups excluding carboxylic acids is 1. The van der Waals surface area contributed by atoms with Gasteiger partial charge in [0, 0.05) is 43.0 Å². The maximum Gasteiger partial charge on any atom is 0.416 e. The fourth-order valence-electron chi connectivity index (χ4n) is 5.70. The molecule has 1 fully saturated rings. The van der Waals surface area contributed by atoms with Gasteiger partial charge < -0.3 is 18.9 Å². The van der Waals surface area contributed by atoms with Crippen molar-refractivity contribution in [3.63, 3.8) is 0 Å². The van der Waals surface area contributed by atoms with Crippen molar-refractivity contribution in [2.45, 2.75) is 64.4 Å². The number of fused-ring (bicyclic) bond motifs is 1. The van der Waals surface area contributed by atoms with Gasteiger partial charge in [-0.15, -0.1) is 10.2 Å². The Balaban J connectivity index is 1.58. The average molecular weight is 612 g/mol. The Labute approximate surface area is 254 Å². The summed E-state index contributed by atoms with van der Waals surface area (Å²) in [5, 5.41) is 17.9. The van der Waals surface area contributed by atoms with Gasteiger partial charge in [-0.3, -0.25) is 9.69 Å². The molecule has 2 aliphatic heterocycles. The number of carbonyl (C=O) groups is 1. The normalized spacial score (nSPS) is 16.7. The van der Waals surface area contributed by atoms with E-state index in [1.165, 1.54) is 4.90 Å². The Bertz CT molecular complexity index is 1580. The molecule has 0 aliphatic carbocycles. The summed E-state index contributed by atoms with van der Waals surface area (Å²) in [6.07, 6.45) is -2.58. The molecule has 1 saturated heterocycles. The molecule has 2 aliphatic rings. The van der Waals surface area contributed by atoms with Crippen molar-refractivity contribution in [3.8, 4) is 11.9 Å². The summed E-state index contributed by atoms with van der Waals surface area (Å²) in [5.74, 6) is 0.218. The second-order valence-electron chi connectivity index (χ2n) is 12.1. The van der Waals surface area contributed by atoms with Crippen LogP contribution >= 0.6 is 0 Å². The van der Waals surface area contributed by atoms with Crippen LogP contribution in [0.3, 0.4) is 0 Å². The third-order valence-corrected chi connectivity index (χ3v) is 8.18. The molecule has 0 saturated carbocycles. The average Bonchev–Trinajstić information content (AvgIpc) is 3.50. The number of amides is 1. The van der Waals surface area contributed by atoms with E-state index in [0.29, 0.717) is 43.1 Å². The van der Waals surface area contributed by atoms with Crippen LogP contribution < -0.4 is 9.64 Å². The fraction of sp³-hybridized carbons (Fsp3) is 0.516. The molecule has 3 aromatic rings. The first-order valence-corrected chi connectivity index (χ1v) is 14.6. The molecule has 0 spiro atoms. The number of halogens is 3. The minimum atomic E-state index is -4.65. The number of nitriles is 1. The Hall–Kier alpha value is -4.02. The summed E-state index contributed by atoms with van der Waals surface area (Å²) >= 11 is 0. The van der Waals surface area contributed by atoms with Crippen LogP contribution in [0.5, 0.6) is 5.88 Å². The molecule has 5 rings (SSSR count). The number of nitrogens with zero attached hydrogens (tertiary/aromatic N) is 7. The Morgan fingerprint density at radius 2 is 1.98 bits per heavy atom. The number of benzene rings is 1. The zero-order valence-corrected chi connectivity index (χ0v) is 25.5. The second-order valence-corrected chi connectivity index (χ2v) is 12.1. The molecule has 1 unspecified atom stereocenters. The molecule has 44 heavy (non-hydrogen) atoms. The predicted octanol–water partition coefficient (Wildman–Crippen LogP) is 4.67. The number of alkyl halides is 3. The van der Waals surface area contributed by atoms with Crippen LogP contribution in [-0.2, 0) is 42.9 Å². The van der Waals surface area contributed by atoms with Crippen LogP contribution in [0.1, 0.15) is 65.6 Å². The van der Waals surface area contributed by atoms with Gasteiger partial charge in [0.15, 0.2) is 6.10 Å². The third-order valence-electron chi connectivity index (χ3n) is 8.18. The number of pyridine rings is 1. The highest BCUT2D eigenvalue weighted by Gasteiger charge is 2.44. The van der Waals surface area contributed by atoms with Crippen molar-refractivity contribution < 1.29 is 27.4 Å². The third kappa shape index (κ3) is 6.14. The highest BCUT2D eigenvalue weighted by molar-refractivity contribution is 6.10.